The van der Waals surface area contributed by atoms with E-state index in [2.05, 4.69) is 21.2 Å². The first-order chi connectivity index (χ1) is 8.20. The standard InChI is InChI=1S/C13H18BrFN2O/c1-13(2,3)11(16)7-12(18)17-10-5-4-8(14)6-9(10)15/h4-6,11H,7,16H2,1-3H3,(H,17,18). The van der Waals surface area contributed by atoms with E-state index in [0.717, 1.165) is 0 Å². The highest BCUT2D eigenvalue weighted by Crippen LogP contribution is 2.22. The van der Waals surface area contributed by atoms with Crippen LogP contribution in [0.2, 0.25) is 0 Å². The van der Waals surface area contributed by atoms with Crippen molar-refractivity contribution < 1.29 is 9.18 Å². The van der Waals surface area contributed by atoms with Crippen LogP contribution in [0, 0.1) is 11.2 Å². The zero-order valence-electron chi connectivity index (χ0n) is 10.8. The van der Waals surface area contributed by atoms with Crippen molar-refractivity contribution in [1.29, 1.82) is 0 Å². The van der Waals surface area contributed by atoms with Crippen LogP contribution < -0.4 is 11.1 Å². The van der Waals surface area contributed by atoms with Crippen LogP contribution in [0.15, 0.2) is 22.7 Å². The van der Waals surface area contributed by atoms with Gasteiger partial charge in [-0.05, 0) is 23.6 Å². The van der Waals surface area contributed by atoms with Crippen LogP contribution in [0.3, 0.4) is 0 Å². The van der Waals surface area contributed by atoms with E-state index < -0.39 is 5.82 Å². The number of hydrogen-bond donors (Lipinski definition) is 2. The molecule has 0 spiro atoms. The number of hydrogen-bond acceptors (Lipinski definition) is 2. The molecule has 100 valence electrons. The van der Waals surface area contributed by atoms with Gasteiger partial charge in [-0.1, -0.05) is 36.7 Å². The molecule has 18 heavy (non-hydrogen) atoms. The lowest BCUT2D eigenvalue weighted by atomic mass is 9.85. The fourth-order valence-electron chi connectivity index (χ4n) is 1.30. The molecular formula is C13H18BrFN2O. The fourth-order valence-corrected chi connectivity index (χ4v) is 1.63. The molecule has 0 heterocycles. The Morgan fingerprint density at radius 1 is 1.50 bits per heavy atom. The van der Waals surface area contributed by atoms with Crippen LogP contribution in [0.5, 0.6) is 0 Å². The van der Waals surface area contributed by atoms with E-state index in [1.165, 1.54) is 12.1 Å². The summed E-state index contributed by atoms with van der Waals surface area (Å²) >= 11 is 3.16. The average Bonchev–Trinajstić information content (AvgIpc) is 2.20. The molecule has 0 fully saturated rings. The van der Waals surface area contributed by atoms with Gasteiger partial charge in [-0.3, -0.25) is 4.79 Å². The fraction of sp³-hybridized carbons (Fsp3) is 0.462. The number of carbonyl (C=O) groups is 1. The first-order valence-electron chi connectivity index (χ1n) is 5.70. The molecule has 0 aliphatic heterocycles. The smallest absolute Gasteiger partial charge is 0.226 e. The number of rotatable bonds is 3. The summed E-state index contributed by atoms with van der Waals surface area (Å²) in [5, 5.41) is 2.53. The molecule has 0 saturated heterocycles. The van der Waals surface area contributed by atoms with E-state index in [-0.39, 0.29) is 29.5 Å². The minimum absolute atomic E-state index is 0.157. The number of nitrogens with one attached hydrogen (secondary N) is 1. The Bertz CT molecular complexity index is 443. The zero-order valence-corrected chi connectivity index (χ0v) is 12.3. The Balaban J connectivity index is 2.65. The predicted molar refractivity (Wildman–Crippen MR) is 74.8 cm³/mol. The monoisotopic (exact) mass is 316 g/mol. The van der Waals surface area contributed by atoms with Gasteiger partial charge >= 0.3 is 0 Å². The Morgan fingerprint density at radius 2 is 2.11 bits per heavy atom. The summed E-state index contributed by atoms with van der Waals surface area (Å²) in [6.45, 7) is 5.89. The van der Waals surface area contributed by atoms with Crippen LogP contribution in [0.4, 0.5) is 10.1 Å². The molecule has 1 amide bonds. The number of anilines is 1. The van der Waals surface area contributed by atoms with Gasteiger partial charge in [-0.15, -0.1) is 0 Å². The molecule has 0 aliphatic carbocycles. The van der Waals surface area contributed by atoms with E-state index in [1.807, 2.05) is 20.8 Å². The van der Waals surface area contributed by atoms with Crippen molar-refractivity contribution in [2.24, 2.45) is 11.1 Å². The molecule has 5 heteroatoms. The highest BCUT2D eigenvalue weighted by atomic mass is 79.9. The van der Waals surface area contributed by atoms with E-state index in [1.54, 1.807) is 6.07 Å². The molecule has 3 N–H and O–H groups in total. The third-order valence-electron chi connectivity index (χ3n) is 2.72. The van der Waals surface area contributed by atoms with Crippen LogP contribution >= 0.6 is 15.9 Å². The lowest BCUT2D eigenvalue weighted by molar-refractivity contribution is -0.117. The highest BCUT2D eigenvalue weighted by Gasteiger charge is 2.23. The van der Waals surface area contributed by atoms with Gasteiger partial charge in [0.1, 0.15) is 5.82 Å². The zero-order chi connectivity index (χ0) is 13.9. The third kappa shape index (κ3) is 4.38. The topological polar surface area (TPSA) is 55.1 Å². The summed E-state index contributed by atoms with van der Waals surface area (Å²) in [4.78, 5) is 11.7. The second-order valence-corrected chi connectivity index (χ2v) is 6.26. The molecule has 1 rings (SSSR count). The molecule has 0 aromatic heterocycles. The SMILES string of the molecule is CC(C)(C)C(N)CC(=O)Nc1ccc(Br)cc1F. The summed E-state index contributed by atoms with van der Waals surface area (Å²) in [7, 11) is 0. The summed E-state index contributed by atoms with van der Waals surface area (Å²) in [6.07, 6.45) is 0.166. The normalized spacial score (nSPS) is 13.2. The Hall–Kier alpha value is -0.940. The largest absolute Gasteiger partial charge is 0.327 e. The van der Waals surface area contributed by atoms with Crippen LogP contribution in [0.25, 0.3) is 0 Å². The first-order valence-corrected chi connectivity index (χ1v) is 6.50. The van der Waals surface area contributed by atoms with Gasteiger partial charge in [0.05, 0.1) is 5.69 Å². The van der Waals surface area contributed by atoms with Gasteiger partial charge in [-0.2, -0.15) is 0 Å². The van der Waals surface area contributed by atoms with Crippen LogP contribution in [-0.2, 0) is 4.79 Å². The molecule has 0 aliphatic rings. The third-order valence-corrected chi connectivity index (χ3v) is 3.22. The highest BCUT2D eigenvalue weighted by molar-refractivity contribution is 9.10. The summed E-state index contributed by atoms with van der Waals surface area (Å²) in [6, 6.07) is 4.22. The van der Waals surface area contributed by atoms with Gasteiger partial charge in [0.2, 0.25) is 5.91 Å². The number of amides is 1. The van der Waals surface area contributed by atoms with Gasteiger partial charge < -0.3 is 11.1 Å². The Labute approximate surface area is 115 Å². The molecule has 3 nitrogen and oxygen atoms in total. The average molecular weight is 317 g/mol. The molecule has 1 atom stereocenters. The summed E-state index contributed by atoms with van der Waals surface area (Å²) in [5.74, 6) is -0.749. The molecule has 0 saturated carbocycles. The van der Waals surface area contributed by atoms with Crippen LogP contribution in [-0.4, -0.2) is 11.9 Å². The molecule has 1 aromatic rings. The Morgan fingerprint density at radius 3 is 2.61 bits per heavy atom. The van der Waals surface area contributed by atoms with Gasteiger partial charge in [-0.25, -0.2) is 4.39 Å². The second kappa shape index (κ2) is 5.80. The van der Waals surface area contributed by atoms with Crippen molar-refractivity contribution in [1.82, 2.24) is 0 Å². The van der Waals surface area contributed by atoms with Crippen molar-refractivity contribution >= 4 is 27.5 Å². The maximum atomic E-state index is 13.5. The van der Waals surface area contributed by atoms with Gasteiger partial charge in [0.25, 0.3) is 0 Å². The van der Waals surface area contributed by atoms with E-state index in [4.69, 9.17) is 5.73 Å². The van der Waals surface area contributed by atoms with E-state index in [9.17, 15) is 9.18 Å². The van der Waals surface area contributed by atoms with E-state index in [0.29, 0.717) is 4.47 Å². The lowest BCUT2D eigenvalue weighted by Gasteiger charge is -2.26. The lowest BCUT2D eigenvalue weighted by Crippen LogP contribution is -2.38. The van der Waals surface area contributed by atoms with Crippen molar-refractivity contribution in [2.45, 2.75) is 33.2 Å². The van der Waals surface area contributed by atoms with Gasteiger partial charge in [0, 0.05) is 16.9 Å². The second-order valence-electron chi connectivity index (χ2n) is 5.35. The van der Waals surface area contributed by atoms with Crippen molar-refractivity contribution in [3.05, 3.63) is 28.5 Å². The molecular weight excluding hydrogens is 299 g/mol. The maximum Gasteiger partial charge on any atom is 0.226 e. The van der Waals surface area contributed by atoms with E-state index >= 15 is 0 Å². The number of nitrogens with two attached hydrogens (primary N) is 1. The Kier molecular flexibility index (Phi) is 4.87. The summed E-state index contributed by atoms with van der Waals surface area (Å²) in [5.41, 5.74) is 5.92. The van der Waals surface area contributed by atoms with Crippen molar-refractivity contribution in [3.8, 4) is 0 Å². The summed E-state index contributed by atoms with van der Waals surface area (Å²) < 4.78 is 14.1. The molecule has 0 bridgehead atoms. The quantitative estimate of drug-likeness (QED) is 0.899. The van der Waals surface area contributed by atoms with Crippen molar-refractivity contribution in [2.75, 3.05) is 5.32 Å². The molecule has 0 radical (unpaired) electrons. The molecule has 1 unspecified atom stereocenters. The van der Waals surface area contributed by atoms with Gasteiger partial charge in [0.15, 0.2) is 0 Å². The van der Waals surface area contributed by atoms with Crippen molar-refractivity contribution in [3.63, 3.8) is 0 Å². The first kappa shape index (κ1) is 15.1. The predicted octanol–water partition coefficient (Wildman–Crippen LogP) is 3.29. The number of benzene rings is 1. The minimum Gasteiger partial charge on any atom is -0.327 e. The minimum atomic E-state index is -0.470. The number of carbonyl (C=O) groups excluding carboxylic acids is 1. The van der Waals surface area contributed by atoms with Crippen LogP contribution in [0.1, 0.15) is 27.2 Å². The molecule has 1 aromatic carbocycles. The maximum absolute atomic E-state index is 13.5. The number of halogens is 2.